The van der Waals surface area contributed by atoms with E-state index in [2.05, 4.69) is 0 Å². The minimum Gasteiger partial charge on any atom is -0.870 e. The molecule has 62 valence electrons. The predicted octanol–water partition coefficient (Wildman–Crippen LogP) is -1.83. The number of Topliss-reactive ketones (excluding diaryl/α,β-unsaturated/α-hetero) is 1. The van der Waals surface area contributed by atoms with Gasteiger partial charge >= 0.3 is 0 Å². The first-order chi connectivity index (χ1) is 5.16. The van der Waals surface area contributed by atoms with Crippen molar-refractivity contribution in [3.63, 3.8) is 0 Å². The average Bonchev–Trinajstić information content (AvgIpc) is 2.01. The first-order valence-corrected chi connectivity index (χ1v) is 3.37. The van der Waals surface area contributed by atoms with Crippen molar-refractivity contribution in [2.75, 3.05) is 6.61 Å². The first kappa shape index (κ1) is 8.23. The van der Waals surface area contributed by atoms with Crippen LogP contribution in [-0.4, -0.2) is 28.7 Å². The Morgan fingerprint density at radius 2 is 2.36 bits per heavy atom. The van der Waals surface area contributed by atoms with Gasteiger partial charge in [0.2, 0.25) is 0 Å². The summed E-state index contributed by atoms with van der Waals surface area (Å²) in [5.74, 6) is -1.96. The number of hydrogen-bond acceptors (Lipinski definition) is 4. The molecule has 0 amide bonds. The maximum absolute atomic E-state index is 10.8. The van der Waals surface area contributed by atoms with Gasteiger partial charge in [0.25, 0.3) is 0 Å². The smallest absolute Gasteiger partial charge is 0.176 e. The molecule has 0 heterocycles. The number of aliphatic hydroxyl groups is 2. The van der Waals surface area contributed by atoms with Crippen molar-refractivity contribution in [2.24, 2.45) is 5.92 Å². The van der Waals surface area contributed by atoms with Crippen LogP contribution in [0.1, 0.15) is 6.42 Å². The van der Waals surface area contributed by atoms with Crippen LogP contribution in [0.15, 0.2) is 11.8 Å². The third kappa shape index (κ3) is 1.41. The second-order valence-electron chi connectivity index (χ2n) is 2.56. The number of aliphatic hydroxyl groups excluding tert-OH is 2. The number of ketones is 1. The highest BCUT2D eigenvalue weighted by molar-refractivity contribution is 5.97. The Hall–Kier alpha value is -0.870. The molecule has 1 rings (SSSR count). The summed E-state index contributed by atoms with van der Waals surface area (Å²) in [6.45, 7) is -0.267. The third-order valence-electron chi connectivity index (χ3n) is 1.80. The van der Waals surface area contributed by atoms with Crippen LogP contribution in [0.25, 0.3) is 0 Å². The second-order valence-corrected chi connectivity index (χ2v) is 2.56. The van der Waals surface area contributed by atoms with Crippen LogP contribution in [0.3, 0.4) is 0 Å². The Labute approximate surface area is 63.8 Å². The summed E-state index contributed by atoms with van der Waals surface area (Å²) in [5.41, 5.74) is 0. The molecule has 0 aromatic rings. The van der Waals surface area contributed by atoms with Gasteiger partial charge in [0.1, 0.15) is 6.10 Å². The van der Waals surface area contributed by atoms with Crippen molar-refractivity contribution in [3.8, 4) is 0 Å². The molecular weight excluding hydrogens is 148 g/mol. The van der Waals surface area contributed by atoms with Crippen LogP contribution in [0.2, 0.25) is 0 Å². The molecule has 11 heavy (non-hydrogen) atoms. The van der Waals surface area contributed by atoms with Crippen LogP contribution in [0, 0.1) is 5.92 Å². The summed E-state index contributed by atoms with van der Waals surface area (Å²) >= 11 is 0. The monoisotopic (exact) mass is 157 g/mol. The van der Waals surface area contributed by atoms with Gasteiger partial charge in [-0.2, -0.15) is 0 Å². The molecule has 0 saturated heterocycles. The molecule has 0 fully saturated rings. The molecule has 0 bridgehead atoms. The van der Waals surface area contributed by atoms with E-state index in [1.807, 2.05) is 0 Å². The Morgan fingerprint density at radius 3 is 2.91 bits per heavy atom. The molecule has 0 radical (unpaired) electrons. The molecule has 0 spiro atoms. The molecular formula is C7H9O4-. The lowest BCUT2D eigenvalue weighted by molar-refractivity contribution is -0.301. The highest BCUT2D eigenvalue weighted by Gasteiger charge is 2.27. The zero-order valence-electron chi connectivity index (χ0n) is 5.86. The summed E-state index contributed by atoms with van der Waals surface area (Å²) < 4.78 is 0. The van der Waals surface area contributed by atoms with Crippen molar-refractivity contribution >= 4 is 5.78 Å². The number of allylic oxidation sites excluding steroid dienone is 1. The Bertz CT molecular complexity index is 197. The molecule has 0 aromatic carbocycles. The summed E-state index contributed by atoms with van der Waals surface area (Å²) in [4.78, 5) is 10.8. The summed E-state index contributed by atoms with van der Waals surface area (Å²) in [6.07, 6.45) is 0.176. The summed E-state index contributed by atoms with van der Waals surface area (Å²) in [7, 11) is 0. The molecule has 0 aliphatic heterocycles. The van der Waals surface area contributed by atoms with Gasteiger partial charge < -0.3 is 15.3 Å². The number of carbonyl (C=O) groups excluding carboxylic acids is 1. The number of carbonyl (C=O) groups is 1. The van der Waals surface area contributed by atoms with E-state index in [-0.39, 0.29) is 13.0 Å². The van der Waals surface area contributed by atoms with E-state index < -0.39 is 23.6 Å². The molecule has 0 saturated carbocycles. The van der Waals surface area contributed by atoms with Gasteiger partial charge in [0.15, 0.2) is 5.78 Å². The molecule has 0 aromatic heterocycles. The SMILES string of the molecule is O=C1C([O-])=CC[C@@H](CO)[C@@H]1O. The fourth-order valence-electron chi connectivity index (χ4n) is 1.02. The van der Waals surface area contributed by atoms with Gasteiger partial charge in [-0.15, -0.1) is 0 Å². The van der Waals surface area contributed by atoms with E-state index in [1.54, 1.807) is 0 Å². The second kappa shape index (κ2) is 3.02. The van der Waals surface area contributed by atoms with Crippen LogP contribution >= 0.6 is 0 Å². The molecule has 2 N–H and O–H groups in total. The van der Waals surface area contributed by atoms with E-state index in [0.717, 1.165) is 0 Å². The standard InChI is InChI=1S/C7H10O4/c8-3-4-1-2-5(9)7(11)6(4)10/h2,4,6,8-10H,1,3H2/p-1/t4-,6-/m0/s1. The molecule has 0 unspecified atom stereocenters. The van der Waals surface area contributed by atoms with Crippen molar-refractivity contribution < 1.29 is 20.1 Å². The van der Waals surface area contributed by atoms with Gasteiger partial charge in [-0.3, -0.25) is 4.79 Å². The highest BCUT2D eigenvalue weighted by atomic mass is 16.3. The van der Waals surface area contributed by atoms with Gasteiger partial charge in [-0.1, -0.05) is 11.8 Å². The van der Waals surface area contributed by atoms with Crippen molar-refractivity contribution in [1.29, 1.82) is 0 Å². The predicted molar refractivity (Wildman–Crippen MR) is 34.3 cm³/mol. The fourth-order valence-corrected chi connectivity index (χ4v) is 1.02. The lowest BCUT2D eigenvalue weighted by atomic mass is 9.90. The van der Waals surface area contributed by atoms with Gasteiger partial charge in [-0.25, -0.2) is 0 Å². The van der Waals surface area contributed by atoms with Gasteiger partial charge in [0, 0.05) is 12.5 Å². The molecule has 4 nitrogen and oxygen atoms in total. The molecule has 1 aliphatic rings. The molecule has 1 aliphatic carbocycles. The van der Waals surface area contributed by atoms with Crippen LogP contribution in [0.4, 0.5) is 0 Å². The van der Waals surface area contributed by atoms with Crippen LogP contribution in [-0.2, 0) is 4.79 Å². The number of rotatable bonds is 1. The van der Waals surface area contributed by atoms with E-state index in [4.69, 9.17) is 10.2 Å². The molecule has 2 atom stereocenters. The van der Waals surface area contributed by atoms with E-state index in [0.29, 0.717) is 0 Å². The quantitative estimate of drug-likeness (QED) is 0.469. The van der Waals surface area contributed by atoms with Crippen molar-refractivity contribution in [1.82, 2.24) is 0 Å². The Morgan fingerprint density at radius 1 is 1.73 bits per heavy atom. The topological polar surface area (TPSA) is 80.6 Å². The van der Waals surface area contributed by atoms with Crippen molar-refractivity contribution in [2.45, 2.75) is 12.5 Å². The summed E-state index contributed by atoms with van der Waals surface area (Å²) in [5, 5.41) is 28.3. The largest absolute Gasteiger partial charge is 0.870 e. The van der Waals surface area contributed by atoms with Crippen LogP contribution < -0.4 is 5.11 Å². The molecule has 4 heteroatoms. The van der Waals surface area contributed by atoms with Crippen LogP contribution in [0.5, 0.6) is 0 Å². The first-order valence-electron chi connectivity index (χ1n) is 3.37. The van der Waals surface area contributed by atoms with E-state index >= 15 is 0 Å². The third-order valence-corrected chi connectivity index (χ3v) is 1.80. The minimum absolute atomic E-state index is 0.267. The Kier molecular flexibility index (Phi) is 2.26. The highest BCUT2D eigenvalue weighted by Crippen LogP contribution is 2.17. The number of hydrogen-bond donors (Lipinski definition) is 2. The normalized spacial score (nSPS) is 31.8. The average molecular weight is 157 g/mol. The fraction of sp³-hybridized carbons (Fsp3) is 0.571. The van der Waals surface area contributed by atoms with Crippen molar-refractivity contribution in [3.05, 3.63) is 11.8 Å². The van der Waals surface area contributed by atoms with Gasteiger partial charge in [-0.05, 0) is 6.42 Å². The zero-order valence-corrected chi connectivity index (χ0v) is 5.86. The summed E-state index contributed by atoms with van der Waals surface area (Å²) in [6, 6.07) is 0. The lowest BCUT2D eigenvalue weighted by Crippen LogP contribution is -2.39. The maximum atomic E-state index is 10.8. The zero-order chi connectivity index (χ0) is 8.43. The van der Waals surface area contributed by atoms with E-state index in [9.17, 15) is 9.90 Å². The van der Waals surface area contributed by atoms with E-state index in [1.165, 1.54) is 6.08 Å². The Balaban J connectivity index is 2.76. The minimum atomic E-state index is -1.31. The van der Waals surface area contributed by atoms with Gasteiger partial charge in [0.05, 0.1) is 0 Å². The maximum Gasteiger partial charge on any atom is 0.176 e. The lowest BCUT2D eigenvalue weighted by Gasteiger charge is -2.26.